The molecule has 6 nitrogen and oxygen atoms in total. The van der Waals surface area contributed by atoms with E-state index in [0.717, 1.165) is 18.2 Å². The summed E-state index contributed by atoms with van der Waals surface area (Å²) in [6.07, 6.45) is 1.32. The maximum absolute atomic E-state index is 13.4. The van der Waals surface area contributed by atoms with Gasteiger partial charge >= 0.3 is 0 Å². The molecular formula is C13H12F2N2O4S. The van der Waals surface area contributed by atoms with Crippen molar-refractivity contribution in [1.29, 1.82) is 0 Å². The summed E-state index contributed by atoms with van der Waals surface area (Å²) in [7, 11) is -4.35. The van der Waals surface area contributed by atoms with Gasteiger partial charge in [-0.15, -0.1) is 0 Å². The number of carbonyl (C=O) groups excluding carboxylic acids is 1. The zero-order valence-corrected chi connectivity index (χ0v) is 12.0. The largest absolute Gasteiger partial charge is 0.459 e. The molecule has 0 bridgehead atoms. The normalized spacial score (nSPS) is 11.4. The minimum absolute atomic E-state index is 0.0722. The van der Waals surface area contributed by atoms with Gasteiger partial charge in [0.2, 0.25) is 10.0 Å². The van der Waals surface area contributed by atoms with Crippen LogP contribution in [-0.2, 0) is 10.0 Å². The third-order valence-electron chi connectivity index (χ3n) is 2.64. The van der Waals surface area contributed by atoms with Gasteiger partial charge in [-0.05, 0) is 24.3 Å². The Hall–Kier alpha value is -2.26. The molecule has 9 heteroatoms. The summed E-state index contributed by atoms with van der Waals surface area (Å²) in [5.74, 6) is -2.83. The molecule has 0 aliphatic carbocycles. The lowest BCUT2D eigenvalue weighted by atomic mass is 10.3. The summed E-state index contributed by atoms with van der Waals surface area (Å²) in [5.41, 5.74) is 0. The Labute approximate surface area is 125 Å². The van der Waals surface area contributed by atoms with Gasteiger partial charge in [0, 0.05) is 13.1 Å². The number of benzene rings is 1. The SMILES string of the molecule is O=C(NCCNS(=O)(=O)c1c(F)cccc1F)c1ccco1. The first-order valence-electron chi connectivity index (χ1n) is 6.17. The molecule has 0 radical (unpaired) electrons. The molecule has 1 amide bonds. The van der Waals surface area contributed by atoms with Crippen molar-refractivity contribution < 1.29 is 26.4 Å². The second-order valence-electron chi connectivity index (χ2n) is 4.18. The fourth-order valence-electron chi connectivity index (χ4n) is 1.67. The summed E-state index contributed by atoms with van der Waals surface area (Å²) in [6, 6.07) is 5.72. The van der Waals surface area contributed by atoms with Crippen molar-refractivity contribution in [1.82, 2.24) is 10.0 Å². The molecule has 1 aromatic heterocycles. The van der Waals surface area contributed by atoms with Crippen LogP contribution < -0.4 is 10.0 Å². The van der Waals surface area contributed by atoms with Crippen molar-refractivity contribution in [3.63, 3.8) is 0 Å². The summed E-state index contributed by atoms with van der Waals surface area (Å²) in [4.78, 5) is 10.5. The third-order valence-corrected chi connectivity index (χ3v) is 4.15. The van der Waals surface area contributed by atoms with Crippen molar-refractivity contribution in [3.05, 3.63) is 54.0 Å². The fourth-order valence-corrected chi connectivity index (χ4v) is 2.83. The van der Waals surface area contributed by atoms with Crippen LogP contribution in [0.15, 0.2) is 45.9 Å². The number of sulfonamides is 1. The molecule has 118 valence electrons. The Morgan fingerprint density at radius 2 is 1.77 bits per heavy atom. The lowest BCUT2D eigenvalue weighted by Crippen LogP contribution is -2.35. The number of furan rings is 1. The fraction of sp³-hybridized carbons (Fsp3) is 0.154. The highest BCUT2D eigenvalue weighted by atomic mass is 32.2. The third kappa shape index (κ3) is 3.68. The number of hydrogen-bond donors (Lipinski definition) is 2. The molecule has 0 aliphatic heterocycles. The van der Waals surface area contributed by atoms with Crippen LogP contribution in [0.4, 0.5) is 8.78 Å². The predicted molar refractivity (Wildman–Crippen MR) is 72.6 cm³/mol. The van der Waals surface area contributed by atoms with E-state index in [0.29, 0.717) is 0 Å². The Bertz CT molecular complexity index is 740. The van der Waals surface area contributed by atoms with Gasteiger partial charge in [0.05, 0.1) is 6.26 Å². The molecule has 0 aliphatic rings. The van der Waals surface area contributed by atoms with Crippen LogP contribution in [0.1, 0.15) is 10.6 Å². The van der Waals surface area contributed by atoms with E-state index in [1.54, 1.807) is 0 Å². The van der Waals surface area contributed by atoms with Gasteiger partial charge in [0.25, 0.3) is 5.91 Å². The first-order chi connectivity index (χ1) is 10.4. The molecule has 0 saturated carbocycles. The zero-order valence-electron chi connectivity index (χ0n) is 11.2. The van der Waals surface area contributed by atoms with Crippen LogP contribution >= 0.6 is 0 Å². The summed E-state index contributed by atoms with van der Waals surface area (Å²) in [5, 5.41) is 2.39. The first-order valence-corrected chi connectivity index (χ1v) is 7.65. The average molecular weight is 330 g/mol. The van der Waals surface area contributed by atoms with E-state index >= 15 is 0 Å². The Kier molecular flexibility index (Phi) is 4.88. The average Bonchev–Trinajstić information content (AvgIpc) is 2.97. The van der Waals surface area contributed by atoms with Crippen LogP contribution in [0.3, 0.4) is 0 Å². The molecule has 2 N–H and O–H groups in total. The van der Waals surface area contributed by atoms with Gasteiger partial charge < -0.3 is 9.73 Å². The minimum Gasteiger partial charge on any atom is -0.459 e. The van der Waals surface area contributed by atoms with Crippen molar-refractivity contribution in [2.45, 2.75) is 4.90 Å². The van der Waals surface area contributed by atoms with Crippen molar-refractivity contribution in [3.8, 4) is 0 Å². The molecule has 2 aromatic rings. The number of amides is 1. The first kappa shape index (κ1) is 16.1. The maximum Gasteiger partial charge on any atom is 0.287 e. The molecule has 22 heavy (non-hydrogen) atoms. The van der Waals surface area contributed by atoms with Crippen LogP contribution in [0.5, 0.6) is 0 Å². The van der Waals surface area contributed by atoms with E-state index in [2.05, 4.69) is 5.32 Å². The van der Waals surface area contributed by atoms with Gasteiger partial charge in [-0.2, -0.15) is 0 Å². The summed E-state index contributed by atoms with van der Waals surface area (Å²) >= 11 is 0. The quantitative estimate of drug-likeness (QED) is 0.781. The van der Waals surface area contributed by atoms with Crippen molar-refractivity contribution >= 4 is 15.9 Å². The smallest absolute Gasteiger partial charge is 0.287 e. The zero-order chi connectivity index (χ0) is 16.2. The number of hydrogen-bond acceptors (Lipinski definition) is 4. The van der Waals surface area contributed by atoms with Crippen LogP contribution in [0.2, 0.25) is 0 Å². The van der Waals surface area contributed by atoms with Crippen molar-refractivity contribution in [2.75, 3.05) is 13.1 Å². The van der Waals surface area contributed by atoms with Crippen LogP contribution in [0.25, 0.3) is 0 Å². The van der Waals surface area contributed by atoms with Gasteiger partial charge in [-0.25, -0.2) is 21.9 Å². The van der Waals surface area contributed by atoms with Crippen LogP contribution in [-0.4, -0.2) is 27.4 Å². The van der Waals surface area contributed by atoms with E-state index in [1.165, 1.54) is 18.4 Å². The minimum atomic E-state index is -4.35. The lowest BCUT2D eigenvalue weighted by molar-refractivity contribution is 0.0926. The monoisotopic (exact) mass is 330 g/mol. The predicted octanol–water partition coefficient (Wildman–Crippen LogP) is 1.27. The van der Waals surface area contributed by atoms with E-state index in [4.69, 9.17) is 4.42 Å². The molecule has 0 fully saturated rings. The maximum atomic E-state index is 13.4. The number of halogens is 2. The standard InChI is InChI=1S/C13H12F2N2O4S/c14-9-3-1-4-10(15)12(9)22(19,20)17-7-6-16-13(18)11-5-2-8-21-11/h1-5,8,17H,6-7H2,(H,16,18). The van der Waals surface area contributed by atoms with Gasteiger partial charge in [-0.3, -0.25) is 4.79 Å². The molecule has 0 unspecified atom stereocenters. The van der Waals surface area contributed by atoms with Gasteiger partial charge in [0.1, 0.15) is 11.6 Å². The highest BCUT2D eigenvalue weighted by molar-refractivity contribution is 7.89. The summed E-state index contributed by atoms with van der Waals surface area (Å²) < 4.78 is 57.4. The molecular weight excluding hydrogens is 318 g/mol. The topological polar surface area (TPSA) is 88.4 Å². The van der Waals surface area contributed by atoms with Crippen molar-refractivity contribution in [2.24, 2.45) is 0 Å². The van der Waals surface area contributed by atoms with E-state index in [9.17, 15) is 22.0 Å². The Balaban J connectivity index is 1.92. The van der Waals surface area contributed by atoms with Gasteiger partial charge in [0.15, 0.2) is 10.7 Å². The Morgan fingerprint density at radius 3 is 2.36 bits per heavy atom. The van der Waals surface area contributed by atoms with E-state index in [1.807, 2.05) is 4.72 Å². The second kappa shape index (κ2) is 6.67. The molecule has 0 spiro atoms. The second-order valence-corrected chi connectivity index (χ2v) is 5.89. The number of rotatable bonds is 6. The Morgan fingerprint density at radius 1 is 1.09 bits per heavy atom. The number of carbonyl (C=O) groups is 1. The highest BCUT2D eigenvalue weighted by Gasteiger charge is 2.23. The molecule has 1 aromatic carbocycles. The highest BCUT2D eigenvalue weighted by Crippen LogP contribution is 2.17. The van der Waals surface area contributed by atoms with E-state index < -0.39 is 32.5 Å². The molecule has 1 heterocycles. The van der Waals surface area contributed by atoms with Gasteiger partial charge in [-0.1, -0.05) is 6.07 Å². The van der Waals surface area contributed by atoms with Crippen LogP contribution in [0, 0.1) is 11.6 Å². The van der Waals surface area contributed by atoms with E-state index in [-0.39, 0.29) is 18.8 Å². The molecule has 0 atom stereocenters. The lowest BCUT2D eigenvalue weighted by Gasteiger charge is -2.09. The summed E-state index contributed by atoms with van der Waals surface area (Å²) in [6.45, 7) is -0.308. The molecule has 0 saturated heterocycles. The number of nitrogens with one attached hydrogen (secondary N) is 2. The molecule has 2 rings (SSSR count).